The van der Waals surface area contributed by atoms with E-state index in [-0.39, 0.29) is 23.2 Å². The molecule has 0 aliphatic carbocycles. The Morgan fingerprint density at radius 2 is 1.76 bits per heavy atom. The van der Waals surface area contributed by atoms with Gasteiger partial charge in [-0.25, -0.2) is 12.8 Å². The number of rotatable bonds is 9. The van der Waals surface area contributed by atoms with Gasteiger partial charge < -0.3 is 15.1 Å². The van der Waals surface area contributed by atoms with Crippen molar-refractivity contribution in [1.29, 1.82) is 0 Å². The number of para-hydroxylation sites is 1. The van der Waals surface area contributed by atoms with Crippen molar-refractivity contribution in [2.24, 2.45) is 0 Å². The first-order valence-electron chi connectivity index (χ1n) is 12.2. The Hall–Kier alpha value is -3.27. The standard InChI is InChI=1S/C28H31FN2O5S/c1-19-6-12-25(13-7-19)37(35,36)30-26(28(33)34)17-21-4-2-3-5-27(21)31-15-14-24(32)18-23(31)16-20-8-10-22(29)11-9-20/h2-13,23-24,26,30,32H,14-18H2,1H3,(H,33,34)/t23-,24+,26-/m1/s1. The number of carboxylic acids is 1. The second kappa shape index (κ2) is 11.4. The van der Waals surface area contributed by atoms with E-state index in [4.69, 9.17) is 0 Å². The predicted octanol–water partition coefficient (Wildman–Crippen LogP) is 3.68. The molecule has 0 spiro atoms. The second-order valence-corrected chi connectivity index (χ2v) is 11.2. The molecule has 3 N–H and O–H groups in total. The minimum atomic E-state index is -4.05. The van der Waals surface area contributed by atoms with E-state index in [1.807, 2.05) is 19.1 Å². The third kappa shape index (κ3) is 6.74. The SMILES string of the molecule is Cc1ccc(S(=O)(=O)N[C@H](Cc2ccccc2N2CC[C@H](O)C[C@H]2Cc2ccc(F)cc2)C(=O)O)cc1. The van der Waals surface area contributed by atoms with Crippen LogP contribution in [0.2, 0.25) is 0 Å². The maximum atomic E-state index is 13.4. The Morgan fingerprint density at radius 3 is 2.43 bits per heavy atom. The molecule has 9 heteroatoms. The third-order valence-electron chi connectivity index (χ3n) is 6.72. The number of carboxylic acid groups (broad SMARTS) is 1. The van der Waals surface area contributed by atoms with E-state index >= 15 is 0 Å². The first kappa shape index (κ1) is 26.8. The summed E-state index contributed by atoms with van der Waals surface area (Å²) in [6, 6.07) is 18.3. The molecule has 0 amide bonds. The first-order valence-corrected chi connectivity index (χ1v) is 13.7. The molecule has 4 rings (SSSR count). The monoisotopic (exact) mass is 526 g/mol. The number of sulfonamides is 1. The van der Waals surface area contributed by atoms with Crippen LogP contribution in [0, 0.1) is 12.7 Å². The van der Waals surface area contributed by atoms with E-state index in [1.54, 1.807) is 36.4 Å². The van der Waals surface area contributed by atoms with Crippen LogP contribution in [0.15, 0.2) is 77.7 Å². The van der Waals surface area contributed by atoms with E-state index in [1.165, 1.54) is 24.3 Å². The number of halogens is 1. The molecule has 1 fully saturated rings. The largest absolute Gasteiger partial charge is 0.480 e. The van der Waals surface area contributed by atoms with E-state index in [0.29, 0.717) is 31.4 Å². The number of aliphatic hydroxyl groups excluding tert-OH is 1. The Labute approximate surface area is 216 Å². The highest BCUT2D eigenvalue weighted by atomic mass is 32.2. The molecule has 0 unspecified atom stereocenters. The van der Waals surface area contributed by atoms with Crippen molar-refractivity contribution in [3.63, 3.8) is 0 Å². The fraction of sp³-hybridized carbons (Fsp3) is 0.321. The average molecular weight is 527 g/mol. The quantitative estimate of drug-likeness (QED) is 0.393. The molecule has 1 saturated heterocycles. The lowest BCUT2D eigenvalue weighted by molar-refractivity contribution is -0.138. The van der Waals surface area contributed by atoms with Crippen molar-refractivity contribution in [3.05, 3.63) is 95.3 Å². The normalized spacial score (nSPS) is 18.9. The maximum Gasteiger partial charge on any atom is 0.322 e. The zero-order valence-electron chi connectivity index (χ0n) is 20.5. The number of aliphatic hydroxyl groups is 1. The molecule has 0 aromatic heterocycles. The van der Waals surface area contributed by atoms with Crippen LogP contribution in [0.1, 0.15) is 29.5 Å². The highest BCUT2D eigenvalue weighted by Crippen LogP contribution is 2.31. The molecule has 7 nitrogen and oxygen atoms in total. The number of carbonyl (C=O) groups is 1. The van der Waals surface area contributed by atoms with E-state index in [2.05, 4.69) is 9.62 Å². The van der Waals surface area contributed by atoms with Crippen LogP contribution in [0.4, 0.5) is 10.1 Å². The summed E-state index contributed by atoms with van der Waals surface area (Å²) in [6.45, 7) is 2.39. The van der Waals surface area contributed by atoms with Gasteiger partial charge >= 0.3 is 5.97 Å². The van der Waals surface area contributed by atoms with Crippen LogP contribution in [-0.2, 0) is 27.7 Å². The second-order valence-electron chi connectivity index (χ2n) is 9.51. The van der Waals surface area contributed by atoms with Crippen molar-refractivity contribution >= 4 is 21.7 Å². The topological polar surface area (TPSA) is 107 Å². The van der Waals surface area contributed by atoms with Gasteiger partial charge in [-0.3, -0.25) is 4.79 Å². The molecule has 0 saturated carbocycles. The van der Waals surface area contributed by atoms with Crippen molar-refractivity contribution < 1.29 is 27.8 Å². The molecule has 196 valence electrons. The van der Waals surface area contributed by atoms with Crippen LogP contribution in [0.25, 0.3) is 0 Å². The van der Waals surface area contributed by atoms with Gasteiger partial charge in [0.05, 0.1) is 11.0 Å². The number of benzene rings is 3. The van der Waals surface area contributed by atoms with Crippen LogP contribution < -0.4 is 9.62 Å². The van der Waals surface area contributed by atoms with Gasteiger partial charge in [0.15, 0.2) is 0 Å². The van der Waals surface area contributed by atoms with E-state index < -0.39 is 28.1 Å². The first-order chi connectivity index (χ1) is 17.6. The number of aliphatic carboxylic acids is 1. The molecule has 3 aromatic carbocycles. The molecule has 1 aliphatic rings. The molecule has 37 heavy (non-hydrogen) atoms. The van der Waals surface area contributed by atoms with Gasteiger partial charge in [-0.15, -0.1) is 0 Å². The molecule has 1 aliphatic heterocycles. The zero-order chi connectivity index (χ0) is 26.6. The number of hydrogen-bond acceptors (Lipinski definition) is 5. The minimum Gasteiger partial charge on any atom is -0.480 e. The Morgan fingerprint density at radius 1 is 1.08 bits per heavy atom. The lowest BCUT2D eigenvalue weighted by Gasteiger charge is -2.41. The van der Waals surface area contributed by atoms with Crippen LogP contribution in [0.3, 0.4) is 0 Å². The number of piperidine rings is 1. The van der Waals surface area contributed by atoms with Crippen molar-refractivity contribution in [2.75, 3.05) is 11.4 Å². The molecule has 0 radical (unpaired) electrons. The number of nitrogens with one attached hydrogen (secondary N) is 1. The Balaban J connectivity index is 1.59. The lowest BCUT2D eigenvalue weighted by Crippen LogP contribution is -2.47. The summed E-state index contributed by atoms with van der Waals surface area (Å²) in [4.78, 5) is 14.3. The van der Waals surface area contributed by atoms with Crippen LogP contribution >= 0.6 is 0 Å². The van der Waals surface area contributed by atoms with Crippen molar-refractivity contribution in [2.45, 2.75) is 55.7 Å². The number of aryl methyl sites for hydroxylation is 1. The molecular weight excluding hydrogens is 495 g/mol. The Bertz CT molecular complexity index is 1330. The third-order valence-corrected chi connectivity index (χ3v) is 8.21. The van der Waals surface area contributed by atoms with Crippen LogP contribution in [0.5, 0.6) is 0 Å². The maximum absolute atomic E-state index is 13.4. The summed E-state index contributed by atoms with van der Waals surface area (Å²) in [5.74, 6) is -1.59. The fourth-order valence-electron chi connectivity index (χ4n) is 4.77. The predicted molar refractivity (Wildman–Crippen MR) is 140 cm³/mol. The van der Waals surface area contributed by atoms with Crippen molar-refractivity contribution in [1.82, 2.24) is 4.72 Å². The van der Waals surface area contributed by atoms with Gasteiger partial charge in [-0.2, -0.15) is 4.72 Å². The fourth-order valence-corrected chi connectivity index (χ4v) is 5.96. The van der Waals surface area contributed by atoms with E-state index in [0.717, 1.165) is 16.8 Å². The zero-order valence-corrected chi connectivity index (χ0v) is 21.4. The molecule has 1 heterocycles. The number of hydrogen-bond donors (Lipinski definition) is 3. The van der Waals surface area contributed by atoms with Gasteiger partial charge in [0.1, 0.15) is 11.9 Å². The van der Waals surface area contributed by atoms with Crippen molar-refractivity contribution in [3.8, 4) is 0 Å². The smallest absolute Gasteiger partial charge is 0.322 e. The molecule has 0 bridgehead atoms. The van der Waals surface area contributed by atoms with Gasteiger partial charge in [-0.1, -0.05) is 48.0 Å². The van der Waals surface area contributed by atoms with Crippen LogP contribution in [-0.4, -0.2) is 49.3 Å². The molecule has 3 atom stereocenters. The summed E-state index contributed by atoms with van der Waals surface area (Å²) >= 11 is 0. The Kier molecular flexibility index (Phi) is 8.26. The van der Waals surface area contributed by atoms with Gasteiger partial charge in [0.25, 0.3) is 0 Å². The van der Waals surface area contributed by atoms with Gasteiger partial charge in [0.2, 0.25) is 10.0 Å². The van der Waals surface area contributed by atoms with Gasteiger partial charge in [0, 0.05) is 24.7 Å². The lowest BCUT2D eigenvalue weighted by atomic mass is 9.92. The van der Waals surface area contributed by atoms with E-state index in [9.17, 15) is 27.8 Å². The summed E-state index contributed by atoms with van der Waals surface area (Å²) < 4.78 is 41.6. The van der Waals surface area contributed by atoms with Gasteiger partial charge in [-0.05, 0) is 67.6 Å². The number of nitrogens with zero attached hydrogens (tertiary/aromatic N) is 1. The highest BCUT2D eigenvalue weighted by Gasteiger charge is 2.31. The summed E-state index contributed by atoms with van der Waals surface area (Å²) in [5, 5.41) is 20.3. The molecule has 3 aromatic rings. The highest BCUT2D eigenvalue weighted by molar-refractivity contribution is 7.89. The summed E-state index contributed by atoms with van der Waals surface area (Å²) in [7, 11) is -4.05. The number of anilines is 1. The average Bonchev–Trinajstić information content (AvgIpc) is 2.86. The summed E-state index contributed by atoms with van der Waals surface area (Å²) in [6.07, 6.45) is 1.11. The summed E-state index contributed by atoms with van der Waals surface area (Å²) in [5.41, 5.74) is 3.30. The minimum absolute atomic E-state index is 0.00187. The molecular formula is C28H31FN2O5S.